The van der Waals surface area contributed by atoms with Crippen molar-refractivity contribution in [1.29, 1.82) is 0 Å². The smallest absolute Gasteiger partial charge is 0.410 e. The summed E-state index contributed by atoms with van der Waals surface area (Å²) in [6, 6.07) is 0. The maximum Gasteiger partial charge on any atom is 0.410 e. The maximum atomic E-state index is 12.1. The van der Waals surface area contributed by atoms with E-state index < -0.39 is 5.60 Å². The van der Waals surface area contributed by atoms with Crippen molar-refractivity contribution < 1.29 is 14.3 Å². The number of nitrogens with zero attached hydrogens (tertiary/aromatic N) is 1. The summed E-state index contributed by atoms with van der Waals surface area (Å²) in [5.41, 5.74) is 5.01. The van der Waals surface area contributed by atoms with E-state index >= 15 is 0 Å². The van der Waals surface area contributed by atoms with Crippen molar-refractivity contribution in [2.75, 3.05) is 26.2 Å². The van der Waals surface area contributed by atoms with Crippen LogP contribution < -0.4 is 5.73 Å². The topological polar surface area (TPSA) is 64.8 Å². The molecule has 19 heavy (non-hydrogen) atoms. The molecule has 0 bridgehead atoms. The largest absolute Gasteiger partial charge is 0.444 e. The van der Waals surface area contributed by atoms with Crippen LogP contribution in [0.5, 0.6) is 0 Å². The molecule has 1 heterocycles. The second-order valence-electron chi connectivity index (χ2n) is 6.06. The number of ether oxygens (including phenoxy) is 2. The predicted octanol–water partition coefficient (Wildman–Crippen LogP) is 2.14. The average Bonchev–Trinajstić information content (AvgIpc) is 2.53. The Bertz CT molecular complexity index is 276. The van der Waals surface area contributed by atoms with Crippen molar-refractivity contribution in [2.24, 2.45) is 5.73 Å². The van der Waals surface area contributed by atoms with E-state index in [2.05, 4.69) is 0 Å². The van der Waals surface area contributed by atoms with Crippen molar-refractivity contribution in [3.8, 4) is 0 Å². The van der Waals surface area contributed by atoms with Gasteiger partial charge in [0.1, 0.15) is 5.60 Å². The molecule has 0 radical (unpaired) electrons. The van der Waals surface area contributed by atoms with E-state index in [9.17, 15) is 4.79 Å². The fourth-order valence-electron chi connectivity index (χ4n) is 2.06. The minimum Gasteiger partial charge on any atom is -0.444 e. The summed E-state index contributed by atoms with van der Waals surface area (Å²) >= 11 is 0. The van der Waals surface area contributed by atoms with E-state index in [1.54, 1.807) is 4.90 Å². The van der Waals surface area contributed by atoms with E-state index in [0.29, 0.717) is 19.7 Å². The average molecular weight is 272 g/mol. The highest BCUT2D eigenvalue weighted by Gasteiger charge is 2.26. The van der Waals surface area contributed by atoms with Crippen molar-refractivity contribution >= 4 is 6.09 Å². The highest BCUT2D eigenvalue weighted by atomic mass is 16.6. The molecule has 1 aliphatic rings. The fraction of sp³-hybridized carbons (Fsp3) is 0.929. The number of carbonyl (C=O) groups excluding carboxylic acids is 1. The van der Waals surface area contributed by atoms with Crippen LogP contribution in [-0.4, -0.2) is 48.9 Å². The molecular formula is C14H28N2O3. The van der Waals surface area contributed by atoms with Gasteiger partial charge in [-0.25, -0.2) is 4.79 Å². The molecule has 1 fully saturated rings. The third-order valence-corrected chi connectivity index (χ3v) is 2.98. The molecule has 0 aromatic heterocycles. The normalized spacial score (nSPS) is 21.1. The summed E-state index contributed by atoms with van der Waals surface area (Å²) in [5, 5.41) is 0. The number of rotatable bonds is 4. The summed E-state index contributed by atoms with van der Waals surface area (Å²) in [6.07, 6.45) is 3.85. The van der Waals surface area contributed by atoms with Gasteiger partial charge in [0.2, 0.25) is 0 Å². The molecule has 1 rings (SSSR count). The van der Waals surface area contributed by atoms with Crippen molar-refractivity contribution in [3.05, 3.63) is 0 Å². The Labute approximate surface area is 116 Å². The number of hydrogen-bond donors (Lipinski definition) is 1. The minimum atomic E-state index is -0.445. The van der Waals surface area contributed by atoms with E-state index in [0.717, 1.165) is 32.2 Å². The third-order valence-electron chi connectivity index (χ3n) is 2.98. The maximum absolute atomic E-state index is 12.1. The zero-order valence-electron chi connectivity index (χ0n) is 12.5. The van der Waals surface area contributed by atoms with Crippen LogP contribution in [0.4, 0.5) is 4.79 Å². The molecule has 112 valence electrons. The molecule has 1 amide bonds. The number of nitrogens with two attached hydrogens (primary N) is 1. The molecule has 0 saturated carbocycles. The summed E-state index contributed by atoms with van der Waals surface area (Å²) in [7, 11) is 0. The summed E-state index contributed by atoms with van der Waals surface area (Å²) in [4.78, 5) is 13.8. The van der Waals surface area contributed by atoms with Gasteiger partial charge in [0.15, 0.2) is 0 Å². The molecule has 0 spiro atoms. The van der Waals surface area contributed by atoms with Gasteiger partial charge >= 0.3 is 6.09 Å². The molecule has 0 aliphatic carbocycles. The number of likely N-dealkylation sites (tertiary alicyclic amines) is 1. The molecule has 5 nitrogen and oxygen atoms in total. The van der Waals surface area contributed by atoms with Crippen LogP contribution in [0.15, 0.2) is 0 Å². The van der Waals surface area contributed by atoms with Gasteiger partial charge in [0.25, 0.3) is 0 Å². The van der Waals surface area contributed by atoms with Crippen molar-refractivity contribution in [1.82, 2.24) is 4.90 Å². The Balaban J connectivity index is 2.46. The Hall–Kier alpha value is -0.810. The highest BCUT2D eigenvalue weighted by Crippen LogP contribution is 2.17. The molecule has 0 aromatic carbocycles. The zero-order valence-corrected chi connectivity index (χ0v) is 12.5. The first kappa shape index (κ1) is 16.2. The van der Waals surface area contributed by atoms with Gasteiger partial charge in [0.05, 0.1) is 12.6 Å². The fourth-order valence-corrected chi connectivity index (χ4v) is 2.06. The van der Waals surface area contributed by atoms with Gasteiger partial charge < -0.3 is 20.1 Å². The monoisotopic (exact) mass is 272 g/mol. The van der Waals surface area contributed by atoms with Crippen LogP contribution in [0.25, 0.3) is 0 Å². The Morgan fingerprint density at radius 3 is 2.74 bits per heavy atom. The molecule has 2 N–H and O–H groups in total. The number of carbonyl (C=O) groups is 1. The number of amides is 1. The first-order chi connectivity index (χ1) is 8.92. The van der Waals surface area contributed by atoms with Gasteiger partial charge in [-0.2, -0.15) is 0 Å². The lowest BCUT2D eigenvalue weighted by molar-refractivity contribution is 0.00102. The van der Waals surface area contributed by atoms with E-state index in [-0.39, 0.29) is 12.2 Å². The Morgan fingerprint density at radius 2 is 2.11 bits per heavy atom. The summed E-state index contributed by atoms with van der Waals surface area (Å²) in [6.45, 7) is 8.35. The van der Waals surface area contributed by atoms with Crippen LogP contribution in [0.1, 0.15) is 46.5 Å². The lowest BCUT2D eigenvalue weighted by Gasteiger charge is -2.28. The van der Waals surface area contributed by atoms with Crippen LogP contribution in [0, 0.1) is 0 Å². The molecule has 5 heteroatoms. The molecular weight excluding hydrogens is 244 g/mol. The first-order valence-corrected chi connectivity index (χ1v) is 7.22. The second kappa shape index (κ2) is 7.70. The van der Waals surface area contributed by atoms with Crippen LogP contribution >= 0.6 is 0 Å². The summed E-state index contributed by atoms with van der Waals surface area (Å²) < 4.78 is 11.2. The highest BCUT2D eigenvalue weighted by molar-refractivity contribution is 5.68. The van der Waals surface area contributed by atoms with Gasteiger partial charge in [-0.1, -0.05) is 0 Å². The second-order valence-corrected chi connectivity index (χ2v) is 6.06. The van der Waals surface area contributed by atoms with Crippen LogP contribution in [0.2, 0.25) is 0 Å². The zero-order chi connectivity index (χ0) is 14.3. The van der Waals surface area contributed by atoms with Gasteiger partial charge in [-0.3, -0.25) is 0 Å². The predicted molar refractivity (Wildman–Crippen MR) is 75.1 cm³/mol. The number of hydrogen-bond acceptors (Lipinski definition) is 4. The molecule has 1 saturated heterocycles. The molecule has 0 aromatic rings. The molecule has 1 atom stereocenters. The SMILES string of the molecule is CC(C)(C)OC(=O)N1CCCCC(OCCCN)C1. The summed E-state index contributed by atoms with van der Waals surface area (Å²) in [5.74, 6) is 0. The third kappa shape index (κ3) is 6.78. The first-order valence-electron chi connectivity index (χ1n) is 7.22. The Morgan fingerprint density at radius 1 is 1.37 bits per heavy atom. The van der Waals surface area contributed by atoms with Crippen molar-refractivity contribution in [2.45, 2.75) is 58.2 Å². The van der Waals surface area contributed by atoms with E-state index in [4.69, 9.17) is 15.2 Å². The minimum absolute atomic E-state index is 0.113. The van der Waals surface area contributed by atoms with E-state index in [1.807, 2.05) is 20.8 Å². The van der Waals surface area contributed by atoms with Crippen LogP contribution in [-0.2, 0) is 9.47 Å². The quantitative estimate of drug-likeness (QED) is 0.796. The lowest BCUT2D eigenvalue weighted by Crippen LogP contribution is -2.41. The van der Waals surface area contributed by atoms with E-state index in [1.165, 1.54) is 0 Å². The van der Waals surface area contributed by atoms with Gasteiger partial charge in [-0.05, 0) is 53.0 Å². The van der Waals surface area contributed by atoms with Crippen molar-refractivity contribution in [3.63, 3.8) is 0 Å². The molecule has 1 aliphatic heterocycles. The Kier molecular flexibility index (Phi) is 6.58. The van der Waals surface area contributed by atoms with Gasteiger partial charge in [-0.15, -0.1) is 0 Å². The van der Waals surface area contributed by atoms with Crippen LogP contribution in [0.3, 0.4) is 0 Å². The standard InChI is InChI=1S/C14H28N2O3/c1-14(2,3)19-13(17)16-9-5-4-7-12(11-16)18-10-6-8-15/h12H,4-11,15H2,1-3H3. The molecule has 1 unspecified atom stereocenters. The van der Waals surface area contributed by atoms with Gasteiger partial charge in [0, 0.05) is 13.2 Å². The lowest BCUT2D eigenvalue weighted by atomic mass is 10.2.